The lowest BCUT2D eigenvalue weighted by Gasteiger charge is -2.09. The zero-order chi connectivity index (χ0) is 21.8. The van der Waals surface area contributed by atoms with Crippen molar-refractivity contribution < 1.29 is 28.2 Å². The van der Waals surface area contributed by atoms with Gasteiger partial charge < -0.3 is 23.4 Å². The maximum Gasteiger partial charge on any atom is 0.347 e. The van der Waals surface area contributed by atoms with E-state index in [2.05, 4.69) is 0 Å². The van der Waals surface area contributed by atoms with E-state index in [1.54, 1.807) is 55.6 Å². The van der Waals surface area contributed by atoms with Crippen molar-refractivity contribution in [1.82, 2.24) is 0 Å². The lowest BCUT2D eigenvalue weighted by molar-refractivity contribution is 0.0731. The van der Waals surface area contributed by atoms with Crippen molar-refractivity contribution in [3.8, 4) is 28.7 Å². The zero-order valence-corrected chi connectivity index (χ0v) is 16.8. The van der Waals surface area contributed by atoms with Gasteiger partial charge in [0.25, 0.3) is 0 Å². The van der Waals surface area contributed by atoms with Crippen LogP contribution in [0.3, 0.4) is 0 Å². The van der Waals surface area contributed by atoms with Crippen molar-refractivity contribution in [2.45, 2.75) is 0 Å². The van der Waals surface area contributed by atoms with Gasteiger partial charge >= 0.3 is 5.97 Å². The predicted octanol–water partition coefficient (Wildman–Crippen LogP) is 4.82. The molecule has 31 heavy (non-hydrogen) atoms. The van der Waals surface area contributed by atoms with Crippen LogP contribution in [-0.2, 0) is 0 Å². The highest BCUT2D eigenvalue weighted by atomic mass is 16.5. The van der Waals surface area contributed by atoms with E-state index in [1.807, 2.05) is 0 Å². The molecule has 0 atom stereocenters. The Morgan fingerprint density at radius 1 is 0.806 bits per heavy atom. The Hall–Kier alpha value is -4.26. The number of esters is 1. The number of ether oxygens (including phenoxy) is 4. The minimum absolute atomic E-state index is 0.0273. The van der Waals surface area contributed by atoms with Crippen LogP contribution in [0.15, 0.2) is 82.2 Å². The summed E-state index contributed by atoms with van der Waals surface area (Å²) < 4.78 is 27.0. The van der Waals surface area contributed by atoms with E-state index < -0.39 is 5.97 Å². The molecular formula is C24H18O7. The van der Waals surface area contributed by atoms with Gasteiger partial charge in [0.05, 0.1) is 19.6 Å². The Kier molecular flexibility index (Phi) is 5.57. The maximum atomic E-state index is 12.8. The van der Waals surface area contributed by atoms with Gasteiger partial charge in [0.1, 0.15) is 40.4 Å². The molecule has 0 fully saturated rings. The van der Waals surface area contributed by atoms with E-state index in [1.165, 1.54) is 31.6 Å². The first-order valence-electron chi connectivity index (χ1n) is 9.31. The molecule has 4 rings (SSSR count). The number of carbonyl (C=O) groups excluding carboxylic acids is 1. The van der Waals surface area contributed by atoms with Gasteiger partial charge in [0.15, 0.2) is 0 Å². The molecule has 0 aliphatic rings. The van der Waals surface area contributed by atoms with Crippen LogP contribution in [0.5, 0.6) is 28.7 Å². The van der Waals surface area contributed by atoms with Crippen LogP contribution in [0.2, 0.25) is 0 Å². The highest BCUT2D eigenvalue weighted by Gasteiger charge is 2.16. The molecule has 1 heterocycles. The molecule has 7 nitrogen and oxygen atoms in total. The fourth-order valence-corrected chi connectivity index (χ4v) is 2.99. The van der Waals surface area contributed by atoms with Crippen molar-refractivity contribution in [1.29, 1.82) is 0 Å². The molecule has 0 bridgehead atoms. The minimum Gasteiger partial charge on any atom is -0.497 e. The third kappa shape index (κ3) is 4.20. The molecule has 0 unspecified atom stereocenters. The summed E-state index contributed by atoms with van der Waals surface area (Å²) in [6.07, 6.45) is 1.22. The predicted molar refractivity (Wildman–Crippen MR) is 114 cm³/mol. The standard InChI is InChI=1S/C24H18O7/c1-27-15-6-5-7-16(12-15)30-22-14-29-21-13-17(10-11-18(21)23(22)25)31-24(26)19-8-3-4-9-20(19)28-2/h3-14H,1-2H3. The Bertz CT molecular complexity index is 1310. The summed E-state index contributed by atoms with van der Waals surface area (Å²) in [5.41, 5.74) is 0.189. The quantitative estimate of drug-likeness (QED) is 0.328. The number of para-hydroxylation sites is 1. The molecular weight excluding hydrogens is 400 g/mol. The summed E-state index contributed by atoms with van der Waals surface area (Å²) in [6, 6.07) is 18.1. The molecule has 7 heteroatoms. The van der Waals surface area contributed by atoms with Gasteiger partial charge in [-0.2, -0.15) is 0 Å². The Labute approximate surface area is 177 Å². The number of fused-ring (bicyclic) bond motifs is 1. The van der Waals surface area contributed by atoms with E-state index in [0.29, 0.717) is 17.2 Å². The first-order valence-corrected chi connectivity index (χ1v) is 9.31. The second-order valence-corrected chi connectivity index (χ2v) is 6.46. The van der Waals surface area contributed by atoms with Crippen LogP contribution in [0.1, 0.15) is 10.4 Å². The van der Waals surface area contributed by atoms with Crippen LogP contribution in [-0.4, -0.2) is 20.2 Å². The molecule has 0 N–H and O–H groups in total. The van der Waals surface area contributed by atoms with E-state index >= 15 is 0 Å². The third-order valence-electron chi connectivity index (χ3n) is 4.52. The average molecular weight is 418 g/mol. The summed E-state index contributed by atoms with van der Waals surface area (Å²) in [5.74, 6) is 1.11. The largest absolute Gasteiger partial charge is 0.497 e. The van der Waals surface area contributed by atoms with E-state index in [-0.39, 0.29) is 33.5 Å². The van der Waals surface area contributed by atoms with Gasteiger partial charge in [0.2, 0.25) is 11.2 Å². The zero-order valence-electron chi connectivity index (χ0n) is 16.8. The van der Waals surface area contributed by atoms with Gasteiger partial charge in [-0.05, 0) is 36.4 Å². The molecule has 0 saturated heterocycles. The highest BCUT2D eigenvalue weighted by molar-refractivity contribution is 5.94. The molecule has 0 radical (unpaired) electrons. The van der Waals surface area contributed by atoms with Gasteiger partial charge in [-0.15, -0.1) is 0 Å². The van der Waals surface area contributed by atoms with E-state index in [9.17, 15) is 9.59 Å². The van der Waals surface area contributed by atoms with Gasteiger partial charge in [-0.25, -0.2) is 4.79 Å². The monoisotopic (exact) mass is 418 g/mol. The molecule has 0 saturated carbocycles. The molecule has 0 aliphatic heterocycles. The van der Waals surface area contributed by atoms with Crippen molar-refractivity contribution >= 4 is 16.9 Å². The molecule has 0 amide bonds. The van der Waals surface area contributed by atoms with Crippen LogP contribution in [0.25, 0.3) is 11.0 Å². The number of hydrogen-bond donors (Lipinski definition) is 0. The first kappa shape index (κ1) is 20.0. The van der Waals surface area contributed by atoms with Crippen LogP contribution in [0, 0.1) is 0 Å². The minimum atomic E-state index is -0.586. The van der Waals surface area contributed by atoms with Gasteiger partial charge in [-0.3, -0.25) is 4.79 Å². The number of carbonyl (C=O) groups is 1. The average Bonchev–Trinajstić information content (AvgIpc) is 2.81. The number of methoxy groups -OCH3 is 2. The Morgan fingerprint density at radius 3 is 2.42 bits per heavy atom. The molecule has 0 aliphatic carbocycles. The van der Waals surface area contributed by atoms with E-state index in [0.717, 1.165) is 0 Å². The molecule has 4 aromatic rings. The van der Waals surface area contributed by atoms with Crippen molar-refractivity contribution in [2.75, 3.05) is 14.2 Å². The maximum absolute atomic E-state index is 12.8. The summed E-state index contributed by atoms with van der Waals surface area (Å²) in [7, 11) is 3.02. The number of rotatable bonds is 6. The topological polar surface area (TPSA) is 84.2 Å². The summed E-state index contributed by atoms with van der Waals surface area (Å²) >= 11 is 0. The summed E-state index contributed by atoms with van der Waals surface area (Å²) in [4.78, 5) is 25.3. The van der Waals surface area contributed by atoms with Gasteiger partial charge in [-0.1, -0.05) is 18.2 Å². The van der Waals surface area contributed by atoms with Crippen molar-refractivity contribution in [3.05, 3.63) is 88.8 Å². The van der Waals surface area contributed by atoms with Gasteiger partial charge in [0, 0.05) is 12.1 Å². The highest BCUT2D eigenvalue weighted by Crippen LogP contribution is 2.27. The normalized spacial score (nSPS) is 10.5. The van der Waals surface area contributed by atoms with Crippen LogP contribution in [0.4, 0.5) is 0 Å². The van der Waals surface area contributed by atoms with Crippen LogP contribution < -0.4 is 24.4 Å². The SMILES string of the molecule is COc1cccc(Oc2coc3cc(OC(=O)c4ccccc4OC)ccc3c2=O)c1. The fraction of sp³-hybridized carbons (Fsp3) is 0.0833. The Balaban J connectivity index is 1.59. The molecule has 156 valence electrons. The second-order valence-electron chi connectivity index (χ2n) is 6.46. The van der Waals surface area contributed by atoms with Crippen molar-refractivity contribution in [2.24, 2.45) is 0 Å². The first-order chi connectivity index (χ1) is 15.1. The molecule has 3 aromatic carbocycles. The fourth-order valence-electron chi connectivity index (χ4n) is 2.99. The molecule has 1 aromatic heterocycles. The van der Waals surface area contributed by atoms with E-state index in [4.69, 9.17) is 23.4 Å². The smallest absolute Gasteiger partial charge is 0.347 e. The summed E-state index contributed by atoms with van der Waals surface area (Å²) in [6.45, 7) is 0. The lowest BCUT2D eigenvalue weighted by atomic mass is 10.2. The lowest BCUT2D eigenvalue weighted by Crippen LogP contribution is -2.10. The second kappa shape index (κ2) is 8.62. The van der Waals surface area contributed by atoms with Crippen molar-refractivity contribution in [3.63, 3.8) is 0 Å². The van der Waals surface area contributed by atoms with Crippen LogP contribution >= 0.6 is 0 Å². The number of benzene rings is 3. The Morgan fingerprint density at radius 2 is 1.61 bits per heavy atom. The third-order valence-corrected chi connectivity index (χ3v) is 4.52. The number of hydrogen-bond acceptors (Lipinski definition) is 7. The summed E-state index contributed by atoms with van der Waals surface area (Å²) in [5, 5.41) is 0.289. The molecule has 0 spiro atoms.